The van der Waals surface area contributed by atoms with E-state index < -0.39 is 24.4 Å². The van der Waals surface area contributed by atoms with Crippen LogP contribution in [0.5, 0.6) is 0 Å². The number of nitrogens with zero attached hydrogens (tertiary/aromatic N) is 3. The fourth-order valence-corrected chi connectivity index (χ4v) is 2.57. The number of aliphatic hydroxyl groups excluding tert-OH is 3. The minimum atomic E-state index is -1.10. The fraction of sp³-hybridized carbons (Fsp3) is 0.545. The molecule has 0 radical (unpaired) electrons. The lowest BCUT2D eigenvalue weighted by molar-refractivity contribution is -0.0262. The number of aliphatic hydroxyl groups is 3. The molecular weight excluding hydrogens is 284 g/mol. The van der Waals surface area contributed by atoms with E-state index in [0.717, 1.165) is 0 Å². The van der Waals surface area contributed by atoms with Crippen molar-refractivity contribution in [3.8, 4) is 0 Å². The Morgan fingerprint density at radius 3 is 2.75 bits per heavy atom. The van der Waals surface area contributed by atoms with Gasteiger partial charge in [-0.2, -0.15) is 0 Å². The summed E-state index contributed by atoms with van der Waals surface area (Å²) in [5.41, 5.74) is 1.23. The third-order valence-corrected chi connectivity index (χ3v) is 3.74. The molecule has 9 heteroatoms. The summed E-state index contributed by atoms with van der Waals surface area (Å²) in [4.78, 5) is 11.0. The van der Waals surface area contributed by atoms with E-state index in [1.54, 1.807) is 10.9 Å². The number of aromatic nitrogens is 4. The Morgan fingerprint density at radius 2 is 2.05 bits per heavy atom. The fourth-order valence-electron chi connectivity index (χ4n) is 2.36. The van der Waals surface area contributed by atoms with Gasteiger partial charge in [0, 0.05) is 0 Å². The van der Waals surface area contributed by atoms with Crippen LogP contribution in [0.2, 0.25) is 0 Å². The molecule has 0 aromatic carbocycles. The van der Waals surface area contributed by atoms with Crippen molar-refractivity contribution < 1.29 is 20.1 Å². The zero-order valence-corrected chi connectivity index (χ0v) is 11.2. The van der Waals surface area contributed by atoms with Gasteiger partial charge in [0.05, 0.1) is 25.8 Å². The molecule has 1 aliphatic rings. The second kappa shape index (κ2) is 5.19. The van der Waals surface area contributed by atoms with Gasteiger partial charge in [-0.05, 0) is 0 Å². The molecule has 0 bridgehead atoms. The van der Waals surface area contributed by atoms with Crippen LogP contribution in [-0.4, -0.2) is 65.9 Å². The van der Waals surface area contributed by atoms with Crippen molar-refractivity contribution in [2.45, 2.75) is 31.0 Å². The zero-order chi connectivity index (χ0) is 14.3. The minimum Gasteiger partial charge on any atom is -0.394 e. The molecule has 8 nitrogen and oxygen atoms in total. The first-order valence-electron chi connectivity index (χ1n) is 6.12. The van der Waals surface area contributed by atoms with Crippen molar-refractivity contribution in [3.63, 3.8) is 0 Å². The third kappa shape index (κ3) is 2.13. The van der Waals surface area contributed by atoms with Crippen LogP contribution in [-0.2, 0) is 11.3 Å². The Balaban J connectivity index is 1.87. The van der Waals surface area contributed by atoms with Gasteiger partial charge in [0.25, 0.3) is 0 Å². The van der Waals surface area contributed by atoms with E-state index in [9.17, 15) is 10.2 Å². The van der Waals surface area contributed by atoms with Gasteiger partial charge in [-0.15, -0.1) is 0 Å². The number of hydrogen-bond donors (Lipinski definition) is 4. The van der Waals surface area contributed by atoms with Crippen molar-refractivity contribution in [3.05, 3.63) is 17.3 Å². The predicted octanol–water partition coefficient (Wildman–Crippen LogP) is -1.03. The van der Waals surface area contributed by atoms with Crippen LogP contribution < -0.4 is 0 Å². The molecule has 3 heterocycles. The molecule has 4 atom stereocenters. The van der Waals surface area contributed by atoms with Crippen LogP contribution in [0.3, 0.4) is 0 Å². The molecule has 4 N–H and O–H groups in total. The normalized spacial score (nSPS) is 30.1. The summed E-state index contributed by atoms with van der Waals surface area (Å²) in [6.07, 6.45) is -0.526. The van der Waals surface area contributed by atoms with Crippen molar-refractivity contribution in [2.24, 2.45) is 0 Å². The van der Waals surface area contributed by atoms with Crippen LogP contribution in [0, 0.1) is 4.64 Å². The number of nitrogens with one attached hydrogen (secondary N) is 1. The first-order valence-corrected chi connectivity index (χ1v) is 6.53. The smallest absolute Gasteiger partial charge is 0.157 e. The van der Waals surface area contributed by atoms with E-state index in [4.69, 9.17) is 22.1 Å². The van der Waals surface area contributed by atoms with Crippen LogP contribution in [0.4, 0.5) is 0 Å². The molecule has 1 saturated heterocycles. The lowest BCUT2D eigenvalue weighted by Crippen LogP contribution is -2.35. The van der Waals surface area contributed by atoms with Gasteiger partial charge in [-0.1, -0.05) is 12.2 Å². The second-order valence-electron chi connectivity index (χ2n) is 4.68. The average Bonchev–Trinajstić information content (AvgIpc) is 2.97. The quantitative estimate of drug-likeness (QED) is 0.535. The van der Waals surface area contributed by atoms with Crippen LogP contribution in [0.25, 0.3) is 11.2 Å². The molecule has 20 heavy (non-hydrogen) atoms. The Morgan fingerprint density at radius 1 is 1.30 bits per heavy atom. The summed E-state index contributed by atoms with van der Waals surface area (Å²) < 4.78 is 7.55. The third-order valence-electron chi connectivity index (χ3n) is 3.44. The maximum atomic E-state index is 9.92. The lowest BCUT2D eigenvalue weighted by Gasteiger charge is -2.15. The number of aromatic amines is 1. The van der Waals surface area contributed by atoms with Crippen LogP contribution in [0.1, 0.15) is 0 Å². The molecule has 0 aliphatic carbocycles. The highest BCUT2D eigenvalue weighted by Crippen LogP contribution is 2.23. The summed E-state index contributed by atoms with van der Waals surface area (Å²) in [5.74, 6) is 0. The van der Waals surface area contributed by atoms with E-state index in [1.807, 2.05) is 0 Å². The number of ether oxygens (including phenoxy) is 1. The van der Waals surface area contributed by atoms with Gasteiger partial charge in [0.15, 0.2) is 4.64 Å². The number of imidazole rings is 1. The number of fused-ring (bicyclic) bond motifs is 1. The zero-order valence-electron chi connectivity index (χ0n) is 10.4. The standard InChI is InChI=1S/C11H14N4O4S/c16-2-6-9(18)8(17)5(19-6)1-15-4-14-7-10(15)12-3-13-11(7)20/h3-6,8-9,16-18H,1-2H2,(H,12,13,20). The Bertz CT molecular complexity index is 672. The van der Waals surface area contributed by atoms with Crippen molar-refractivity contribution in [1.82, 2.24) is 19.5 Å². The highest BCUT2D eigenvalue weighted by molar-refractivity contribution is 7.71. The summed E-state index contributed by atoms with van der Waals surface area (Å²) >= 11 is 5.07. The maximum absolute atomic E-state index is 9.92. The highest BCUT2D eigenvalue weighted by atomic mass is 32.1. The van der Waals surface area contributed by atoms with Crippen molar-refractivity contribution in [1.29, 1.82) is 0 Å². The van der Waals surface area contributed by atoms with E-state index >= 15 is 0 Å². The van der Waals surface area contributed by atoms with E-state index in [2.05, 4.69) is 15.0 Å². The van der Waals surface area contributed by atoms with Gasteiger partial charge in [-0.3, -0.25) is 0 Å². The molecule has 0 saturated carbocycles. The Kier molecular flexibility index (Phi) is 3.52. The molecule has 108 valence electrons. The largest absolute Gasteiger partial charge is 0.394 e. The molecule has 3 rings (SSSR count). The minimum absolute atomic E-state index is 0.278. The van der Waals surface area contributed by atoms with E-state index in [-0.39, 0.29) is 13.2 Å². The molecule has 1 fully saturated rings. The van der Waals surface area contributed by atoms with Crippen molar-refractivity contribution in [2.75, 3.05) is 6.61 Å². The van der Waals surface area contributed by atoms with Gasteiger partial charge < -0.3 is 29.6 Å². The molecule has 0 spiro atoms. The number of hydrogen-bond acceptors (Lipinski definition) is 7. The first-order chi connectivity index (χ1) is 9.61. The maximum Gasteiger partial charge on any atom is 0.157 e. The topological polar surface area (TPSA) is 116 Å². The Labute approximate surface area is 118 Å². The monoisotopic (exact) mass is 298 g/mol. The summed E-state index contributed by atoms with van der Waals surface area (Å²) in [6, 6.07) is 0. The highest BCUT2D eigenvalue weighted by Gasteiger charge is 2.42. The summed E-state index contributed by atoms with van der Waals surface area (Å²) in [6.45, 7) is -0.0632. The Hall–Kier alpha value is -1.39. The second-order valence-corrected chi connectivity index (χ2v) is 5.07. The molecule has 0 amide bonds. The van der Waals surface area contributed by atoms with Crippen molar-refractivity contribution >= 4 is 23.4 Å². The number of rotatable bonds is 3. The van der Waals surface area contributed by atoms with Crippen LogP contribution in [0.15, 0.2) is 12.7 Å². The summed E-state index contributed by atoms with van der Waals surface area (Å²) in [7, 11) is 0. The number of H-pyrrole nitrogens is 1. The molecule has 2 aromatic rings. The molecular formula is C11H14N4O4S. The van der Waals surface area contributed by atoms with E-state index in [1.165, 1.54) is 6.33 Å². The van der Waals surface area contributed by atoms with Gasteiger partial charge in [0.1, 0.15) is 35.6 Å². The van der Waals surface area contributed by atoms with E-state index in [0.29, 0.717) is 15.8 Å². The molecule has 1 aliphatic heterocycles. The molecule has 4 unspecified atom stereocenters. The lowest BCUT2D eigenvalue weighted by atomic mass is 10.1. The average molecular weight is 298 g/mol. The van der Waals surface area contributed by atoms with Crippen LogP contribution >= 0.6 is 12.2 Å². The summed E-state index contributed by atoms with van der Waals surface area (Å²) in [5, 5.41) is 28.7. The predicted molar refractivity (Wildman–Crippen MR) is 70.5 cm³/mol. The van der Waals surface area contributed by atoms with Gasteiger partial charge >= 0.3 is 0 Å². The van der Waals surface area contributed by atoms with Gasteiger partial charge in [0.2, 0.25) is 0 Å². The SMILES string of the molecule is OCC1OC(Cn2cnc3c(=S)nc[nH]c32)C(O)C1O. The van der Waals surface area contributed by atoms with Gasteiger partial charge in [-0.25, -0.2) is 9.97 Å². The molecule has 2 aromatic heterocycles. The first kappa shape index (κ1) is 13.6.